The fourth-order valence-corrected chi connectivity index (χ4v) is 9.65. The predicted octanol–water partition coefficient (Wildman–Crippen LogP) is 14.5. The van der Waals surface area contributed by atoms with Crippen LogP contribution in [-0.2, 0) is 5.41 Å². The Hall–Kier alpha value is -8.21. The standard InChI is InChI=1S/C58H37N3O/c1-5-18-38(19-6-1)41-34-42(39-20-7-2-8-21-39)36-43(35-41)56-59-55(40-32-33-47-46-26-14-16-31-52(46)62-53(47)37-40)60-57(61-56)49-28-17-30-51-54(49)48-27-13-15-29-50(48)58(51,44-22-9-3-10-23-44)45-24-11-4-12-25-45/h1-37H. The van der Waals surface area contributed by atoms with Crippen molar-refractivity contribution in [3.63, 3.8) is 0 Å². The van der Waals surface area contributed by atoms with Crippen molar-refractivity contribution in [1.29, 1.82) is 0 Å². The van der Waals surface area contributed by atoms with Gasteiger partial charge in [-0.1, -0.05) is 188 Å². The molecule has 0 unspecified atom stereocenters. The van der Waals surface area contributed by atoms with Crippen molar-refractivity contribution in [2.24, 2.45) is 0 Å². The molecule has 0 N–H and O–H groups in total. The second-order valence-electron chi connectivity index (χ2n) is 15.9. The maximum atomic E-state index is 6.41. The van der Waals surface area contributed by atoms with Crippen LogP contribution in [0.4, 0.5) is 0 Å². The Morgan fingerprint density at radius 2 is 0.806 bits per heavy atom. The Bertz CT molecular complexity index is 3350. The highest BCUT2D eigenvalue weighted by Crippen LogP contribution is 2.58. The van der Waals surface area contributed by atoms with E-state index in [-0.39, 0.29) is 0 Å². The summed E-state index contributed by atoms with van der Waals surface area (Å²) >= 11 is 0. The van der Waals surface area contributed by atoms with Gasteiger partial charge in [0, 0.05) is 27.5 Å². The Labute approximate surface area is 359 Å². The number of aromatic nitrogens is 3. The molecular formula is C58H37N3O. The molecule has 0 bridgehead atoms. The van der Waals surface area contributed by atoms with E-state index in [0.717, 1.165) is 72.0 Å². The third-order valence-electron chi connectivity index (χ3n) is 12.4. The van der Waals surface area contributed by atoms with Crippen molar-refractivity contribution in [3.05, 3.63) is 247 Å². The van der Waals surface area contributed by atoms with Crippen molar-refractivity contribution >= 4 is 21.9 Å². The van der Waals surface area contributed by atoms with Crippen molar-refractivity contribution in [2.45, 2.75) is 5.41 Å². The van der Waals surface area contributed by atoms with E-state index in [9.17, 15) is 0 Å². The number of hydrogen-bond donors (Lipinski definition) is 0. The number of hydrogen-bond acceptors (Lipinski definition) is 4. The van der Waals surface area contributed by atoms with Gasteiger partial charge in [0.25, 0.3) is 0 Å². The smallest absolute Gasteiger partial charge is 0.164 e. The molecule has 0 amide bonds. The molecule has 4 nitrogen and oxygen atoms in total. The summed E-state index contributed by atoms with van der Waals surface area (Å²) in [5.41, 5.74) is 15.3. The minimum absolute atomic E-state index is 0.565. The molecule has 11 aromatic rings. The molecule has 62 heavy (non-hydrogen) atoms. The van der Waals surface area contributed by atoms with Crippen LogP contribution in [0.3, 0.4) is 0 Å². The second kappa shape index (κ2) is 14.5. The highest BCUT2D eigenvalue weighted by molar-refractivity contribution is 6.05. The number of benzene rings is 9. The topological polar surface area (TPSA) is 51.8 Å². The fraction of sp³-hybridized carbons (Fsp3) is 0.0172. The van der Waals surface area contributed by atoms with Crippen LogP contribution in [0.15, 0.2) is 229 Å². The maximum absolute atomic E-state index is 6.41. The zero-order valence-electron chi connectivity index (χ0n) is 33.6. The lowest BCUT2D eigenvalue weighted by Crippen LogP contribution is -2.28. The first-order valence-electron chi connectivity index (χ1n) is 21.0. The van der Waals surface area contributed by atoms with Crippen LogP contribution in [0.2, 0.25) is 0 Å². The summed E-state index contributed by atoms with van der Waals surface area (Å²) in [5.74, 6) is 1.76. The van der Waals surface area contributed by atoms with E-state index in [1.54, 1.807) is 0 Å². The molecule has 0 fully saturated rings. The minimum Gasteiger partial charge on any atom is -0.456 e. The van der Waals surface area contributed by atoms with Crippen LogP contribution in [-0.4, -0.2) is 15.0 Å². The monoisotopic (exact) mass is 791 g/mol. The predicted molar refractivity (Wildman–Crippen MR) is 252 cm³/mol. The summed E-state index contributed by atoms with van der Waals surface area (Å²) in [5, 5.41) is 2.13. The SMILES string of the molecule is c1ccc(-c2cc(-c3ccccc3)cc(-c3nc(-c4ccc5c(c4)oc4ccccc45)nc(-c4cccc5c4-c4ccccc4C5(c4ccccc4)c4ccccc4)n3)c2)cc1. The number of rotatable bonds is 7. The molecule has 4 heteroatoms. The van der Waals surface area contributed by atoms with Gasteiger partial charge in [-0.2, -0.15) is 0 Å². The van der Waals surface area contributed by atoms with E-state index in [4.69, 9.17) is 19.4 Å². The van der Waals surface area contributed by atoms with E-state index in [0.29, 0.717) is 17.5 Å². The van der Waals surface area contributed by atoms with Gasteiger partial charge in [0.05, 0.1) is 5.41 Å². The molecule has 12 rings (SSSR count). The van der Waals surface area contributed by atoms with E-state index >= 15 is 0 Å². The maximum Gasteiger partial charge on any atom is 0.164 e. The Morgan fingerprint density at radius 1 is 0.306 bits per heavy atom. The van der Waals surface area contributed by atoms with Crippen LogP contribution < -0.4 is 0 Å². The zero-order valence-corrected chi connectivity index (χ0v) is 33.6. The summed E-state index contributed by atoms with van der Waals surface area (Å²) in [4.78, 5) is 16.2. The molecule has 0 atom stereocenters. The Morgan fingerprint density at radius 3 is 1.48 bits per heavy atom. The Balaban J connectivity index is 1.14. The molecule has 2 aromatic heterocycles. The lowest BCUT2D eigenvalue weighted by atomic mass is 9.67. The number of furan rings is 1. The third kappa shape index (κ3) is 5.72. The molecule has 0 saturated heterocycles. The first-order valence-corrected chi connectivity index (χ1v) is 21.0. The normalized spacial score (nSPS) is 12.6. The van der Waals surface area contributed by atoms with E-state index in [1.165, 1.54) is 22.3 Å². The first-order chi connectivity index (χ1) is 30.7. The van der Waals surface area contributed by atoms with Crippen molar-refractivity contribution in [3.8, 4) is 67.5 Å². The summed E-state index contributed by atoms with van der Waals surface area (Å²) in [6.45, 7) is 0. The van der Waals surface area contributed by atoms with Crippen LogP contribution in [0.5, 0.6) is 0 Å². The highest BCUT2D eigenvalue weighted by atomic mass is 16.3. The molecule has 9 aromatic carbocycles. The average molecular weight is 792 g/mol. The number of para-hydroxylation sites is 1. The van der Waals surface area contributed by atoms with Gasteiger partial charge >= 0.3 is 0 Å². The average Bonchev–Trinajstić information content (AvgIpc) is 3.88. The van der Waals surface area contributed by atoms with Crippen LogP contribution in [0.25, 0.3) is 89.5 Å². The highest BCUT2D eigenvalue weighted by Gasteiger charge is 2.47. The molecule has 2 heterocycles. The van der Waals surface area contributed by atoms with E-state index in [2.05, 4.69) is 206 Å². The van der Waals surface area contributed by atoms with Crippen molar-refractivity contribution in [2.75, 3.05) is 0 Å². The zero-order chi connectivity index (χ0) is 41.0. The Kier molecular flexibility index (Phi) is 8.36. The third-order valence-corrected chi connectivity index (χ3v) is 12.4. The van der Waals surface area contributed by atoms with Gasteiger partial charge in [-0.3, -0.25) is 0 Å². The van der Waals surface area contributed by atoms with E-state index < -0.39 is 5.41 Å². The number of nitrogens with zero attached hydrogens (tertiary/aromatic N) is 3. The van der Waals surface area contributed by atoms with Crippen LogP contribution >= 0.6 is 0 Å². The van der Waals surface area contributed by atoms with Gasteiger partial charge in [-0.15, -0.1) is 0 Å². The summed E-state index contributed by atoms with van der Waals surface area (Å²) in [6.07, 6.45) is 0. The summed E-state index contributed by atoms with van der Waals surface area (Å²) in [6, 6.07) is 79.3. The minimum atomic E-state index is -0.565. The molecule has 0 aliphatic heterocycles. The first kappa shape index (κ1) is 35.7. The van der Waals surface area contributed by atoms with Crippen molar-refractivity contribution < 1.29 is 4.42 Å². The lowest BCUT2D eigenvalue weighted by Gasteiger charge is -2.33. The quantitative estimate of drug-likeness (QED) is 0.161. The van der Waals surface area contributed by atoms with Crippen LogP contribution in [0.1, 0.15) is 22.3 Å². The van der Waals surface area contributed by atoms with Crippen molar-refractivity contribution in [1.82, 2.24) is 15.0 Å². The molecular weight excluding hydrogens is 755 g/mol. The van der Waals surface area contributed by atoms with Gasteiger partial charge in [-0.25, -0.2) is 15.0 Å². The van der Waals surface area contributed by atoms with Gasteiger partial charge in [0.1, 0.15) is 11.2 Å². The fourth-order valence-electron chi connectivity index (χ4n) is 9.65. The van der Waals surface area contributed by atoms with Gasteiger partial charge in [-0.05, 0) is 92.0 Å². The number of fused-ring (bicyclic) bond motifs is 6. The van der Waals surface area contributed by atoms with Crippen LogP contribution in [0, 0.1) is 0 Å². The molecule has 1 aliphatic carbocycles. The molecule has 0 radical (unpaired) electrons. The van der Waals surface area contributed by atoms with E-state index in [1.807, 2.05) is 18.2 Å². The molecule has 0 spiro atoms. The second-order valence-corrected chi connectivity index (χ2v) is 15.9. The molecule has 0 saturated carbocycles. The van der Waals surface area contributed by atoms with Gasteiger partial charge in [0.2, 0.25) is 0 Å². The van der Waals surface area contributed by atoms with Gasteiger partial charge in [0.15, 0.2) is 17.5 Å². The van der Waals surface area contributed by atoms with Gasteiger partial charge < -0.3 is 4.42 Å². The lowest BCUT2D eigenvalue weighted by molar-refractivity contribution is 0.669. The summed E-state index contributed by atoms with van der Waals surface area (Å²) < 4.78 is 6.41. The summed E-state index contributed by atoms with van der Waals surface area (Å²) in [7, 11) is 0. The molecule has 1 aliphatic rings. The largest absolute Gasteiger partial charge is 0.456 e. The molecule has 290 valence electrons.